The predicted molar refractivity (Wildman–Crippen MR) is 75.2 cm³/mol. The second kappa shape index (κ2) is 4.64. The molecule has 0 aromatic rings. The van der Waals surface area contributed by atoms with E-state index in [0.29, 0.717) is 12.0 Å². The number of allylic oxidation sites excluding steroid dienone is 1. The number of nitrogens with zero attached hydrogens (tertiary/aromatic N) is 2. The number of fused-ring (bicyclic) bond motifs is 4. The summed E-state index contributed by atoms with van der Waals surface area (Å²) >= 11 is 1.07. The van der Waals surface area contributed by atoms with Gasteiger partial charge >= 0.3 is 6.03 Å². The Labute approximate surface area is 117 Å². The monoisotopic (exact) mass is 286 g/mol. The molecule has 3 nitrogen and oxygen atoms in total. The minimum absolute atomic E-state index is 0.0210. The molecule has 2 fully saturated rings. The summed E-state index contributed by atoms with van der Waals surface area (Å²) in [7, 11) is 9.52. The summed E-state index contributed by atoms with van der Waals surface area (Å²) < 4.78 is 1.79. The average Bonchev–Trinajstić information content (AvgIpc) is 3.01. The lowest BCUT2D eigenvalue weighted by Gasteiger charge is -2.35. The van der Waals surface area contributed by atoms with E-state index >= 15 is 0 Å². The maximum atomic E-state index is 12.2. The zero-order valence-electron chi connectivity index (χ0n) is 10.9. The lowest BCUT2D eigenvalue weighted by atomic mass is 9.85. The molecule has 100 valence electrons. The molecule has 3 atom stereocenters. The first-order valence-corrected chi connectivity index (χ1v) is 8.23. The van der Waals surface area contributed by atoms with E-state index in [1.807, 2.05) is 0 Å². The van der Waals surface area contributed by atoms with Crippen LogP contribution in [-0.2, 0) is 0 Å². The van der Waals surface area contributed by atoms with Crippen molar-refractivity contribution in [3.8, 4) is 0 Å². The molecule has 3 aliphatic rings. The van der Waals surface area contributed by atoms with Gasteiger partial charge in [0.2, 0.25) is 0 Å². The molecule has 0 spiro atoms. The summed E-state index contributed by atoms with van der Waals surface area (Å²) in [6.07, 6.45) is 6.22. The van der Waals surface area contributed by atoms with E-state index in [9.17, 15) is 4.79 Å². The Kier molecular flexibility index (Phi) is 3.27. The van der Waals surface area contributed by atoms with Crippen molar-refractivity contribution in [2.75, 3.05) is 14.1 Å². The molecule has 0 aromatic heterocycles. The number of halogens is 1. The highest BCUT2D eigenvalue weighted by molar-refractivity contribution is 8.19. The van der Waals surface area contributed by atoms with E-state index in [4.69, 9.17) is 10.7 Å². The van der Waals surface area contributed by atoms with Crippen LogP contribution < -0.4 is 0 Å². The maximum Gasteiger partial charge on any atom is 0.330 e. The van der Waals surface area contributed by atoms with E-state index in [1.54, 1.807) is 34.4 Å². The van der Waals surface area contributed by atoms with Gasteiger partial charge in [-0.05, 0) is 54.6 Å². The highest BCUT2D eigenvalue weighted by Crippen LogP contribution is 2.56. The van der Waals surface area contributed by atoms with E-state index < -0.39 is 0 Å². The fourth-order valence-corrected chi connectivity index (χ4v) is 5.08. The van der Waals surface area contributed by atoms with Crippen LogP contribution in [0.4, 0.5) is 4.79 Å². The predicted octanol–water partition coefficient (Wildman–Crippen LogP) is 3.66. The first-order chi connectivity index (χ1) is 8.63. The zero-order chi connectivity index (χ0) is 12.9. The molecule has 3 unspecified atom stereocenters. The first kappa shape index (κ1) is 12.7. The van der Waals surface area contributed by atoms with Crippen molar-refractivity contribution in [2.45, 2.75) is 38.1 Å². The van der Waals surface area contributed by atoms with Gasteiger partial charge in [-0.15, -0.1) is 0 Å². The summed E-state index contributed by atoms with van der Waals surface area (Å²) in [5.74, 6) is 1.38. The number of carbonyl (C=O) groups is 1. The molecule has 0 radical (unpaired) electrons. The summed E-state index contributed by atoms with van der Waals surface area (Å²) in [6.45, 7) is 0. The number of rotatable bonds is 2. The fourth-order valence-electron chi connectivity index (χ4n) is 4.04. The summed E-state index contributed by atoms with van der Waals surface area (Å²) in [5, 5.41) is 0. The van der Waals surface area contributed by atoms with Gasteiger partial charge < -0.3 is 4.90 Å². The van der Waals surface area contributed by atoms with Crippen LogP contribution in [0.25, 0.3) is 0 Å². The molecule has 18 heavy (non-hydrogen) atoms. The number of urea groups is 1. The largest absolute Gasteiger partial charge is 0.330 e. The molecular weight excluding hydrogens is 268 g/mol. The molecule has 5 heteroatoms. The molecule has 3 aliphatic carbocycles. The third-order valence-electron chi connectivity index (χ3n) is 4.76. The van der Waals surface area contributed by atoms with Crippen molar-refractivity contribution in [1.29, 1.82) is 0 Å². The van der Waals surface area contributed by atoms with Crippen LogP contribution in [0.15, 0.2) is 11.1 Å². The van der Waals surface area contributed by atoms with Crippen molar-refractivity contribution in [3.05, 3.63) is 11.1 Å². The van der Waals surface area contributed by atoms with Gasteiger partial charge in [-0.3, -0.25) is 4.31 Å². The molecule has 0 aliphatic heterocycles. The summed E-state index contributed by atoms with van der Waals surface area (Å²) in [5.41, 5.74) is 3.36. The smallest absolute Gasteiger partial charge is 0.330 e. The van der Waals surface area contributed by atoms with E-state index in [1.165, 1.54) is 25.7 Å². The van der Waals surface area contributed by atoms with E-state index in [-0.39, 0.29) is 6.03 Å². The Hall–Kier alpha value is -0.350. The third kappa shape index (κ3) is 1.76. The maximum absolute atomic E-state index is 12.2. The van der Waals surface area contributed by atoms with Crippen LogP contribution in [-0.4, -0.2) is 35.4 Å². The van der Waals surface area contributed by atoms with E-state index in [0.717, 1.165) is 23.5 Å². The van der Waals surface area contributed by atoms with Crippen LogP contribution in [0.5, 0.6) is 0 Å². The minimum atomic E-state index is 0.0210. The molecular formula is C13H19ClN2OS. The second-order valence-electron chi connectivity index (χ2n) is 5.84. The third-order valence-corrected chi connectivity index (χ3v) is 5.78. The fraction of sp³-hybridized carbons (Fsp3) is 0.769. The van der Waals surface area contributed by atoms with Gasteiger partial charge in [0.15, 0.2) is 0 Å². The Balaban J connectivity index is 1.81. The number of carbonyl (C=O) groups excluding carboxylic acids is 1. The van der Waals surface area contributed by atoms with Crippen LogP contribution in [0.1, 0.15) is 32.1 Å². The number of hydrogen-bond acceptors (Lipinski definition) is 2. The Morgan fingerprint density at radius 3 is 2.83 bits per heavy atom. The summed E-state index contributed by atoms with van der Waals surface area (Å²) in [4.78, 5) is 13.8. The second-order valence-corrected chi connectivity index (χ2v) is 6.78. The van der Waals surface area contributed by atoms with E-state index in [2.05, 4.69) is 0 Å². The first-order valence-electron chi connectivity index (χ1n) is 6.63. The lowest BCUT2D eigenvalue weighted by molar-refractivity contribution is 0.174. The van der Waals surface area contributed by atoms with Gasteiger partial charge in [0.25, 0.3) is 0 Å². The highest BCUT2D eigenvalue weighted by atomic mass is 35.7. The van der Waals surface area contributed by atoms with Crippen LogP contribution in [0.3, 0.4) is 0 Å². The Morgan fingerprint density at radius 2 is 2.17 bits per heavy atom. The summed E-state index contributed by atoms with van der Waals surface area (Å²) in [6, 6.07) is 0.331. The molecule has 0 aromatic carbocycles. The molecule has 2 amide bonds. The lowest BCUT2D eigenvalue weighted by Crippen LogP contribution is -2.44. The molecule has 3 rings (SSSR count). The van der Waals surface area contributed by atoms with Crippen LogP contribution >= 0.6 is 21.8 Å². The van der Waals surface area contributed by atoms with Crippen LogP contribution in [0, 0.1) is 11.8 Å². The Bertz CT molecular complexity index is 410. The van der Waals surface area contributed by atoms with Gasteiger partial charge in [0.05, 0.1) is 17.2 Å². The highest BCUT2D eigenvalue weighted by Gasteiger charge is 2.50. The van der Waals surface area contributed by atoms with Gasteiger partial charge in [0, 0.05) is 14.1 Å². The average molecular weight is 287 g/mol. The van der Waals surface area contributed by atoms with Crippen molar-refractivity contribution in [2.24, 2.45) is 11.8 Å². The van der Waals surface area contributed by atoms with Gasteiger partial charge in [-0.1, -0.05) is 11.1 Å². The Morgan fingerprint density at radius 1 is 1.39 bits per heavy atom. The van der Waals surface area contributed by atoms with Crippen molar-refractivity contribution in [3.63, 3.8) is 0 Å². The van der Waals surface area contributed by atoms with Crippen molar-refractivity contribution >= 4 is 27.9 Å². The zero-order valence-corrected chi connectivity index (χ0v) is 12.4. The number of amides is 2. The van der Waals surface area contributed by atoms with Crippen LogP contribution in [0.2, 0.25) is 0 Å². The minimum Gasteiger partial charge on any atom is -0.330 e. The molecule has 0 heterocycles. The van der Waals surface area contributed by atoms with Gasteiger partial charge in [0.1, 0.15) is 0 Å². The van der Waals surface area contributed by atoms with Gasteiger partial charge in [-0.2, -0.15) is 0 Å². The van der Waals surface area contributed by atoms with Crippen molar-refractivity contribution in [1.82, 2.24) is 9.21 Å². The topological polar surface area (TPSA) is 23.6 Å². The molecule has 2 saturated carbocycles. The van der Waals surface area contributed by atoms with Crippen molar-refractivity contribution < 1.29 is 4.79 Å². The molecule has 0 saturated heterocycles. The van der Waals surface area contributed by atoms with Gasteiger partial charge in [-0.25, -0.2) is 4.79 Å². The normalized spacial score (nSPS) is 32.9. The standard InChI is InChI=1S/C13H19ClN2OS/c1-15(2)13(17)16(18-14)12-7-8-6-11(12)10-5-3-4-9(8)10/h10-12H,3-7H2,1-2H3. The quantitative estimate of drug-likeness (QED) is 0.571. The molecule has 0 N–H and O–H groups in total. The number of hydrogen-bond donors (Lipinski definition) is 0. The molecule has 2 bridgehead atoms. The SMILES string of the molecule is CN(C)C(=O)N(SCl)C1CC2=C3CCCC3C1C2.